The van der Waals surface area contributed by atoms with Gasteiger partial charge < -0.3 is 10.2 Å². The zero-order valence-electron chi connectivity index (χ0n) is 21.4. The van der Waals surface area contributed by atoms with Crippen LogP contribution >= 0.6 is 15.9 Å². The van der Waals surface area contributed by atoms with Gasteiger partial charge in [0.2, 0.25) is 0 Å². The van der Waals surface area contributed by atoms with Gasteiger partial charge in [0.1, 0.15) is 42.3 Å². The Balaban J connectivity index is 2.07. The van der Waals surface area contributed by atoms with E-state index in [-0.39, 0.29) is 4.47 Å². The molecule has 23 heteroatoms. The molecule has 45 heavy (non-hydrogen) atoms. The molecule has 238 valence electrons. The van der Waals surface area contributed by atoms with Crippen molar-refractivity contribution < 1.29 is 62.1 Å². The summed E-state index contributed by atoms with van der Waals surface area (Å²) in [7, 11) is -20.5. The molecule has 4 aromatic carbocycles. The number of phenolic OH excluding ortho intramolecular Hbond substituents is 2. The Bertz CT molecular complexity index is 2410. The van der Waals surface area contributed by atoms with E-state index in [0.717, 1.165) is 24.3 Å². The molecule has 0 spiro atoms. The van der Waals surface area contributed by atoms with Crippen molar-refractivity contribution in [2.24, 2.45) is 20.5 Å². The van der Waals surface area contributed by atoms with Crippen molar-refractivity contribution >= 4 is 89.9 Å². The third kappa shape index (κ3) is 7.15. The molecule has 0 saturated carbocycles. The summed E-state index contributed by atoms with van der Waals surface area (Å²) in [6.07, 6.45) is 0. The lowest BCUT2D eigenvalue weighted by Gasteiger charge is -2.13. The number of aromatic hydroxyl groups is 2. The molecule has 0 fully saturated rings. The molecule has 0 aliphatic carbocycles. The van der Waals surface area contributed by atoms with Gasteiger partial charge in [0.15, 0.2) is 11.5 Å². The maximum Gasteiger partial charge on any atom is 0.296 e. The van der Waals surface area contributed by atoms with E-state index in [4.69, 9.17) is 0 Å². The zero-order valence-corrected chi connectivity index (χ0v) is 26.3. The molecule has 6 N–H and O–H groups in total. The second-order valence-corrected chi connectivity index (χ2v) is 15.1. The van der Waals surface area contributed by atoms with E-state index in [1.807, 2.05) is 0 Å². The molecule has 0 aliphatic heterocycles. The average molecular weight is 768 g/mol. The van der Waals surface area contributed by atoms with Gasteiger partial charge in [-0.05, 0) is 47.9 Å². The van der Waals surface area contributed by atoms with Crippen molar-refractivity contribution in [1.29, 1.82) is 0 Å². The van der Waals surface area contributed by atoms with E-state index in [9.17, 15) is 62.1 Å². The second-order valence-electron chi connectivity index (χ2n) is 8.62. The van der Waals surface area contributed by atoms with Gasteiger partial charge in [0.05, 0.1) is 5.39 Å². The first-order valence-electron chi connectivity index (χ1n) is 11.3. The maximum absolute atomic E-state index is 12.2. The van der Waals surface area contributed by atoms with E-state index in [0.29, 0.717) is 12.1 Å². The van der Waals surface area contributed by atoms with Crippen LogP contribution in [0.4, 0.5) is 22.7 Å². The Morgan fingerprint density at radius 2 is 0.933 bits per heavy atom. The first-order valence-corrected chi connectivity index (χ1v) is 17.8. The summed E-state index contributed by atoms with van der Waals surface area (Å²) >= 11 is 2.99. The summed E-state index contributed by atoms with van der Waals surface area (Å²) in [4.78, 5) is -4.08. The Kier molecular flexibility index (Phi) is 8.88. The van der Waals surface area contributed by atoms with Crippen molar-refractivity contribution in [1.82, 2.24) is 0 Å². The van der Waals surface area contributed by atoms with Gasteiger partial charge >= 0.3 is 0 Å². The number of phenols is 2. The normalized spacial score (nSPS) is 13.3. The molecule has 18 nitrogen and oxygen atoms in total. The van der Waals surface area contributed by atoms with Gasteiger partial charge in [0.25, 0.3) is 40.5 Å². The van der Waals surface area contributed by atoms with Crippen molar-refractivity contribution in [3.05, 3.63) is 59.1 Å². The molecule has 0 bridgehead atoms. The summed E-state index contributed by atoms with van der Waals surface area (Å²) in [5, 5.41) is 34.6. The largest absolute Gasteiger partial charge is 0.505 e. The van der Waals surface area contributed by atoms with Gasteiger partial charge in [-0.1, -0.05) is 28.1 Å². The van der Waals surface area contributed by atoms with Gasteiger partial charge in [-0.15, -0.1) is 20.5 Å². The fourth-order valence-electron chi connectivity index (χ4n) is 3.79. The third-order valence-electron chi connectivity index (χ3n) is 5.67. The highest BCUT2D eigenvalue weighted by molar-refractivity contribution is 9.10. The van der Waals surface area contributed by atoms with Gasteiger partial charge in [0, 0.05) is 4.47 Å². The number of hydrogen-bond donors (Lipinski definition) is 6. The van der Waals surface area contributed by atoms with E-state index in [1.165, 1.54) is 18.2 Å². The molecular formula is C22H15BrN4O14S4. The van der Waals surface area contributed by atoms with Crippen molar-refractivity contribution in [3.8, 4) is 11.5 Å². The first kappa shape index (κ1) is 33.9. The average Bonchev–Trinajstić information content (AvgIpc) is 2.90. The molecule has 0 amide bonds. The van der Waals surface area contributed by atoms with Crippen LogP contribution in [0.2, 0.25) is 0 Å². The summed E-state index contributed by atoms with van der Waals surface area (Å²) in [6, 6.07) is 8.59. The summed E-state index contributed by atoms with van der Waals surface area (Å²) in [6.45, 7) is 0. The minimum Gasteiger partial charge on any atom is -0.505 e. The molecule has 0 heterocycles. The summed E-state index contributed by atoms with van der Waals surface area (Å²) in [5.74, 6) is -2.60. The summed E-state index contributed by atoms with van der Waals surface area (Å²) in [5.41, 5.74) is -3.39. The number of azo groups is 2. The number of benzene rings is 4. The molecule has 0 aliphatic rings. The number of hydrogen-bond acceptors (Lipinski definition) is 14. The van der Waals surface area contributed by atoms with Gasteiger partial charge in [-0.2, -0.15) is 33.7 Å². The van der Waals surface area contributed by atoms with Crippen LogP contribution in [0.5, 0.6) is 11.5 Å². The monoisotopic (exact) mass is 766 g/mol. The molecule has 0 atom stereocenters. The zero-order chi connectivity index (χ0) is 33.7. The van der Waals surface area contributed by atoms with E-state index in [2.05, 4.69) is 36.4 Å². The van der Waals surface area contributed by atoms with E-state index >= 15 is 0 Å². The SMILES string of the molecule is O=S(=O)(O)c1ccccc1N=Nc1c(S(=O)(=O)O)cc2cc(S(=O)(=O)O)c(N=Nc3ccc(Br)cc3S(=O)(=O)O)c(O)c2c1O. The van der Waals surface area contributed by atoms with Crippen LogP contribution < -0.4 is 0 Å². The van der Waals surface area contributed by atoms with Crippen LogP contribution in [-0.2, 0) is 40.5 Å². The molecule has 0 aromatic heterocycles. The maximum atomic E-state index is 12.2. The predicted molar refractivity (Wildman–Crippen MR) is 155 cm³/mol. The number of fused-ring (bicyclic) bond motifs is 1. The van der Waals surface area contributed by atoms with Crippen LogP contribution in [0.25, 0.3) is 10.8 Å². The van der Waals surface area contributed by atoms with E-state index in [1.54, 1.807) is 0 Å². The molecule has 4 aromatic rings. The fourth-order valence-corrected chi connectivity index (χ4v) is 6.89. The first-order chi connectivity index (χ1) is 20.6. The lowest BCUT2D eigenvalue weighted by Crippen LogP contribution is -2.02. The van der Waals surface area contributed by atoms with Crippen LogP contribution in [0.3, 0.4) is 0 Å². The Morgan fingerprint density at radius 3 is 1.38 bits per heavy atom. The highest BCUT2D eigenvalue weighted by Gasteiger charge is 2.29. The predicted octanol–water partition coefficient (Wildman–Crippen LogP) is 4.83. The van der Waals surface area contributed by atoms with Crippen LogP contribution in [0.1, 0.15) is 0 Å². The van der Waals surface area contributed by atoms with Crippen molar-refractivity contribution in [2.75, 3.05) is 0 Å². The van der Waals surface area contributed by atoms with Crippen LogP contribution in [-0.4, -0.2) is 62.1 Å². The molecular weight excluding hydrogens is 752 g/mol. The highest BCUT2D eigenvalue weighted by Crippen LogP contribution is 2.50. The van der Waals surface area contributed by atoms with Crippen molar-refractivity contribution in [3.63, 3.8) is 0 Å². The Labute approximate surface area is 261 Å². The van der Waals surface area contributed by atoms with Crippen LogP contribution in [0, 0.1) is 0 Å². The quantitative estimate of drug-likeness (QED) is 0.103. The summed E-state index contributed by atoms with van der Waals surface area (Å²) < 4.78 is 134. The minimum atomic E-state index is -5.34. The van der Waals surface area contributed by atoms with Gasteiger partial charge in [-0.3, -0.25) is 18.2 Å². The lowest BCUT2D eigenvalue weighted by atomic mass is 10.1. The Hall–Kier alpha value is -3.94. The number of rotatable bonds is 8. The fraction of sp³-hybridized carbons (Fsp3) is 0. The molecule has 4 rings (SSSR count). The van der Waals surface area contributed by atoms with Crippen molar-refractivity contribution in [2.45, 2.75) is 19.6 Å². The molecule has 0 unspecified atom stereocenters. The highest BCUT2D eigenvalue weighted by atomic mass is 79.9. The number of halogens is 1. The molecule has 0 radical (unpaired) electrons. The second kappa shape index (κ2) is 11.8. The standard InChI is InChI=1S/C22H15BrN4O14S4/c23-11-5-6-13(15(9-11)43(33,34)35)25-27-20-17(45(39,40)41)8-10-7-16(44(36,37)38)19(21(28)18(10)22(20)29)26-24-12-3-1-2-4-14(12)42(30,31)32/h1-9,28-29H,(H,30,31,32)(H,33,34,35)(H,36,37,38)(H,39,40,41). The topological polar surface area (TPSA) is 307 Å². The van der Waals surface area contributed by atoms with Gasteiger partial charge in [-0.25, -0.2) is 0 Å². The lowest BCUT2D eigenvalue weighted by molar-refractivity contribution is 0.458. The minimum absolute atomic E-state index is 0.168. The number of nitrogens with zero attached hydrogens (tertiary/aromatic N) is 4. The van der Waals surface area contributed by atoms with Crippen LogP contribution in [0.15, 0.2) is 99.1 Å². The molecule has 0 saturated heterocycles. The smallest absolute Gasteiger partial charge is 0.296 e. The third-order valence-corrected chi connectivity index (χ3v) is 9.68. The Morgan fingerprint density at radius 1 is 0.511 bits per heavy atom. The van der Waals surface area contributed by atoms with E-state index < -0.39 is 105 Å².